The van der Waals surface area contributed by atoms with E-state index in [1.807, 2.05) is 66.9 Å². The minimum absolute atomic E-state index is 0.320. The van der Waals surface area contributed by atoms with Crippen LogP contribution in [0.2, 0.25) is 0 Å². The Balaban J connectivity index is 1.42. The van der Waals surface area contributed by atoms with Crippen LogP contribution in [0.3, 0.4) is 0 Å². The average molecular weight is 415 g/mol. The van der Waals surface area contributed by atoms with Crippen molar-refractivity contribution in [2.24, 2.45) is 5.73 Å². The minimum Gasteiger partial charge on any atom is -0.455 e. The highest BCUT2D eigenvalue weighted by atomic mass is 16.5. The molecule has 2 aromatic heterocycles. The molecule has 0 saturated heterocycles. The van der Waals surface area contributed by atoms with E-state index in [9.17, 15) is 0 Å². The number of rotatable bonds is 6. The van der Waals surface area contributed by atoms with Crippen molar-refractivity contribution in [2.75, 3.05) is 10.6 Å². The number of anilines is 3. The first-order chi connectivity index (χ1) is 15.2. The number of ether oxygens (including phenoxy) is 1. The number of hydrogen-bond donors (Lipinski definition) is 3. The van der Waals surface area contributed by atoms with E-state index in [0.29, 0.717) is 12.1 Å². The lowest BCUT2D eigenvalue weighted by molar-refractivity contribution is 0.410. The van der Waals surface area contributed by atoms with Gasteiger partial charge in [0.05, 0.1) is 11.4 Å². The molecule has 0 unspecified atom stereocenters. The van der Waals surface area contributed by atoms with E-state index in [-0.39, 0.29) is 0 Å². The molecule has 7 heteroatoms. The van der Waals surface area contributed by atoms with Crippen LogP contribution in [0, 0.1) is 0 Å². The van der Waals surface area contributed by atoms with Crippen molar-refractivity contribution in [3.63, 3.8) is 0 Å². The van der Waals surface area contributed by atoms with E-state index in [4.69, 9.17) is 10.5 Å². The predicted molar refractivity (Wildman–Crippen MR) is 123 cm³/mol. The smallest absolute Gasteiger partial charge is 0.177 e. The molecular weight excluding hydrogens is 388 g/mol. The van der Waals surface area contributed by atoms with Crippen LogP contribution in [0.1, 0.15) is 25.7 Å². The number of para-hydroxylation sites is 3. The largest absolute Gasteiger partial charge is 0.455 e. The first-order valence-corrected chi connectivity index (χ1v) is 10.7. The van der Waals surface area contributed by atoms with E-state index < -0.39 is 0 Å². The highest BCUT2D eigenvalue weighted by Gasteiger charge is 2.19. The molecule has 1 aliphatic rings. The number of nitrogens with one attached hydrogen (secondary N) is 2. The zero-order valence-electron chi connectivity index (χ0n) is 17.2. The maximum Gasteiger partial charge on any atom is 0.177 e. The molecule has 2 heterocycles. The van der Waals surface area contributed by atoms with Gasteiger partial charge in [-0.25, -0.2) is 9.50 Å². The molecule has 5 rings (SSSR count). The predicted octanol–water partition coefficient (Wildman–Crippen LogP) is 4.95. The number of nitrogens with two attached hydrogens (primary N) is 1. The van der Waals surface area contributed by atoms with Crippen LogP contribution in [0.25, 0.3) is 5.65 Å². The number of nitrogens with zero attached hydrogens (tertiary/aromatic N) is 3. The molecule has 0 atom stereocenters. The fraction of sp³-hybridized carbons (Fsp3) is 0.250. The standard InChI is InChI=1S/C24H26N6O/c25-17-10-12-18(13-11-17)27-23-16-21(24-26-14-15-30(24)29-23)28-20-8-4-5-9-22(20)31-19-6-2-1-3-7-19/h1-9,14-18,28H,10-13,25H2,(H,27,29). The van der Waals surface area contributed by atoms with Crippen LogP contribution in [0.4, 0.5) is 17.2 Å². The number of aromatic nitrogens is 3. The van der Waals surface area contributed by atoms with Crippen molar-refractivity contribution in [2.45, 2.75) is 37.8 Å². The monoisotopic (exact) mass is 414 g/mol. The van der Waals surface area contributed by atoms with Crippen molar-refractivity contribution >= 4 is 22.8 Å². The summed E-state index contributed by atoms with van der Waals surface area (Å²) in [5.41, 5.74) is 8.53. The molecular formula is C24H26N6O. The molecule has 7 nitrogen and oxygen atoms in total. The van der Waals surface area contributed by atoms with Gasteiger partial charge in [0.2, 0.25) is 0 Å². The van der Waals surface area contributed by atoms with Crippen molar-refractivity contribution in [3.05, 3.63) is 73.1 Å². The normalized spacial score (nSPS) is 18.6. The molecule has 1 saturated carbocycles. The number of benzene rings is 2. The molecule has 1 fully saturated rings. The summed E-state index contributed by atoms with van der Waals surface area (Å²) < 4.78 is 7.90. The Hall–Kier alpha value is -3.58. The van der Waals surface area contributed by atoms with Gasteiger partial charge < -0.3 is 21.1 Å². The molecule has 0 aliphatic heterocycles. The van der Waals surface area contributed by atoms with E-state index in [0.717, 1.165) is 60.0 Å². The lowest BCUT2D eigenvalue weighted by Gasteiger charge is -2.27. The van der Waals surface area contributed by atoms with Gasteiger partial charge in [-0.15, -0.1) is 5.10 Å². The van der Waals surface area contributed by atoms with Gasteiger partial charge in [0.25, 0.3) is 0 Å². The molecule has 0 bridgehead atoms. The third-order valence-corrected chi connectivity index (χ3v) is 5.61. The van der Waals surface area contributed by atoms with Crippen molar-refractivity contribution in [1.82, 2.24) is 14.6 Å². The lowest BCUT2D eigenvalue weighted by atomic mass is 9.92. The SMILES string of the molecule is NC1CCC(Nc2cc(Nc3ccccc3Oc3ccccc3)c3nccn3n2)CC1. The van der Waals surface area contributed by atoms with Crippen molar-refractivity contribution in [1.29, 1.82) is 0 Å². The third-order valence-electron chi connectivity index (χ3n) is 5.61. The molecule has 4 aromatic rings. The average Bonchev–Trinajstić information content (AvgIpc) is 3.26. The van der Waals surface area contributed by atoms with Gasteiger partial charge in [0.1, 0.15) is 11.6 Å². The summed E-state index contributed by atoms with van der Waals surface area (Å²) in [5.74, 6) is 2.34. The summed E-state index contributed by atoms with van der Waals surface area (Å²) in [6.45, 7) is 0. The zero-order chi connectivity index (χ0) is 21.0. The summed E-state index contributed by atoms with van der Waals surface area (Å²) in [4.78, 5) is 4.48. The summed E-state index contributed by atoms with van der Waals surface area (Å²) >= 11 is 0. The van der Waals surface area contributed by atoms with E-state index in [1.165, 1.54) is 0 Å². The van der Waals surface area contributed by atoms with Crippen LogP contribution in [0.5, 0.6) is 11.5 Å². The van der Waals surface area contributed by atoms with Crippen LogP contribution in [0.15, 0.2) is 73.1 Å². The summed E-state index contributed by atoms with van der Waals surface area (Å²) in [6.07, 6.45) is 7.81. The highest BCUT2D eigenvalue weighted by molar-refractivity contribution is 5.78. The molecule has 0 radical (unpaired) electrons. The summed E-state index contributed by atoms with van der Waals surface area (Å²) in [7, 11) is 0. The first kappa shape index (κ1) is 19.4. The Morgan fingerprint density at radius 3 is 2.55 bits per heavy atom. The minimum atomic E-state index is 0.320. The molecule has 0 spiro atoms. The Kier molecular flexibility index (Phi) is 5.41. The van der Waals surface area contributed by atoms with Gasteiger partial charge in [-0.05, 0) is 49.9 Å². The molecule has 1 aliphatic carbocycles. The third kappa shape index (κ3) is 4.46. The van der Waals surface area contributed by atoms with Gasteiger partial charge in [-0.1, -0.05) is 30.3 Å². The molecule has 4 N–H and O–H groups in total. The highest BCUT2D eigenvalue weighted by Crippen LogP contribution is 2.33. The van der Waals surface area contributed by atoms with Crippen LogP contribution in [-0.4, -0.2) is 26.7 Å². The lowest BCUT2D eigenvalue weighted by Crippen LogP contribution is -2.33. The van der Waals surface area contributed by atoms with Gasteiger partial charge >= 0.3 is 0 Å². The van der Waals surface area contributed by atoms with E-state index in [2.05, 4.69) is 20.7 Å². The van der Waals surface area contributed by atoms with Gasteiger partial charge in [0, 0.05) is 30.5 Å². The molecule has 158 valence electrons. The summed E-state index contributed by atoms with van der Waals surface area (Å²) in [6, 6.07) is 20.4. The number of imidazole rings is 1. The number of fused-ring (bicyclic) bond motifs is 1. The Morgan fingerprint density at radius 1 is 0.935 bits per heavy atom. The Morgan fingerprint density at radius 2 is 1.71 bits per heavy atom. The molecule has 31 heavy (non-hydrogen) atoms. The van der Waals surface area contributed by atoms with Gasteiger partial charge in [-0.3, -0.25) is 0 Å². The quantitative estimate of drug-likeness (QED) is 0.414. The second kappa shape index (κ2) is 8.65. The maximum absolute atomic E-state index is 6.10. The van der Waals surface area contributed by atoms with Gasteiger partial charge in [0.15, 0.2) is 11.4 Å². The van der Waals surface area contributed by atoms with Crippen LogP contribution < -0.4 is 21.1 Å². The fourth-order valence-corrected chi connectivity index (χ4v) is 3.97. The fourth-order valence-electron chi connectivity index (χ4n) is 3.97. The van der Waals surface area contributed by atoms with Gasteiger partial charge in [-0.2, -0.15) is 0 Å². The Labute approximate surface area is 181 Å². The van der Waals surface area contributed by atoms with E-state index >= 15 is 0 Å². The van der Waals surface area contributed by atoms with Crippen molar-refractivity contribution in [3.8, 4) is 11.5 Å². The second-order valence-corrected chi connectivity index (χ2v) is 7.93. The molecule has 2 aromatic carbocycles. The van der Waals surface area contributed by atoms with Crippen LogP contribution >= 0.6 is 0 Å². The topological polar surface area (TPSA) is 89.5 Å². The molecule has 0 amide bonds. The maximum atomic E-state index is 6.10. The van der Waals surface area contributed by atoms with Crippen LogP contribution in [-0.2, 0) is 0 Å². The van der Waals surface area contributed by atoms with Crippen molar-refractivity contribution < 1.29 is 4.74 Å². The first-order valence-electron chi connectivity index (χ1n) is 10.7. The summed E-state index contributed by atoms with van der Waals surface area (Å²) in [5, 5.41) is 11.8. The zero-order valence-corrected chi connectivity index (χ0v) is 17.2. The van der Waals surface area contributed by atoms with E-state index in [1.54, 1.807) is 10.7 Å². The Bertz CT molecular complexity index is 1150. The second-order valence-electron chi connectivity index (χ2n) is 7.93. The number of hydrogen-bond acceptors (Lipinski definition) is 6.